The van der Waals surface area contributed by atoms with Gasteiger partial charge in [-0.05, 0) is 35.4 Å². The maximum Gasteiger partial charge on any atom is 0.209 e. The predicted octanol–water partition coefficient (Wildman–Crippen LogP) is 4.53. The Morgan fingerprint density at radius 2 is 1.48 bits per heavy atom. The number of aromatic nitrogens is 3. The van der Waals surface area contributed by atoms with Crippen LogP contribution in [0.1, 0.15) is 29.1 Å². The highest BCUT2D eigenvalue weighted by Gasteiger charge is 2.18. The second-order valence-corrected chi connectivity index (χ2v) is 6.09. The van der Waals surface area contributed by atoms with Crippen molar-refractivity contribution in [2.75, 3.05) is 0 Å². The highest BCUT2D eigenvalue weighted by Crippen LogP contribution is 2.39. The Balaban J connectivity index is 1.95. The van der Waals surface area contributed by atoms with Crippen LogP contribution < -0.4 is 0 Å². The number of halogens is 2. The number of aromatic amines is 1. The minimum Gasteiger partial charge on any atom is -0.262 e. The van der Waals surface area contributed by atoms with Gasteiger partial charge >= 0.3 is 0 Å². The molecule has 1 aromatic heterocycles. The van der Waals surface area contributed by atoms with Gasteiger partial charge in [0.1, 0.15) is 17.5 Å². The van der Waals surface area contributed by atoms with Crippen LogP contribution in [0.25, 0.3) is 0 Å². The van der Waals surface area contributed by atoms with E-state index >= 15 is 0 Å². The molecule has 0 saturated heterocycles. The van der Waals surface area contributed by atoms with Crippen LogP contribution in [0, 0.1) is 11.6 Å². The van der Waals surface area contributed by atoms with Gasteiger partial charge in [-0.25, -0.2) is 13.8 Å². The van der Waals surface area contributed by atoms with Crippen LogP contribution in [0.2, 0.25) is 0 Å². The number of nitrogens with one attached hydrogen (secondary N) is 1. The third kappa shape index (κ3) is 3.76. The van der Waals surface area contributed by atoms with Gasteiger partial charge in [-0.1, -0.05) is 43.0 Å². The van der Waals surface area contributed by atoms with Crippen molar-refractivity contribution < 1.29 is 8.78 Å². The van der Waals surface area contributed by atoms with Crippen LogP contribution in [0.5, 0.6) is 0 Å². The molecule has 0 aliphatic heterocycles. The van der Waals surface area contributed by atoms with Crippen LogP contribution >= 0.6 is 11.8 Å². The first-order valence-electron chi connectivity index (χ1n) is 7.24. The van der Waals surface area contributed by atoms with E-state index in [1.165, 1.54) is 36.0 Å². The lowest BCUT2D eigenvalue weighted by molar-refractivity contribution is 0.626. The molecule has 0 atom stereocenters. The number of H-pyrrole nitrogens is 1. The zero-order chi connectivity index (χ0) is 16.2. The summed E-state index contributed by atoms with van der Waals surface area (Å²) in [6.07, 6.45) is 0.769. The first-order valence-corrected chi connectivity index (χ1v) is 8.12. The van der Waals surface area contributed by atoms with E-state index in [0.29, 0.717) is 5.16 Å². The Labute approximate surface area is 137 Å². The molecular formula is C17H15F2N3S. The second kappa shape index (κ2) is 6.91. The zero-order valence-corrected chi connectivity index (χ0v) is 13.3. The lowest BCUT2D eigenvalue weighted by Gasteiger charge is -2.16. The van der Waals surface area contributed by atoms with Gasteiger partial charge in [0, 0.05) is 6.42 Å². The van der Waals surface area contributed by atoms with Gasteiger partial charge in [0.2, 0.25) is 5.16 Å². The smallest absolute Gasteiger partial charge is 0.209 e. The molecule has 0 unspecified atom stereocenters. The summed E-state index contributed by atoms with van der Waals surface area (Å²) in [5, 5.41) is 7.54. The molecule has 3 aromatic rings. The van der Waals surface area contributed by atoms with Gasteiger partial charge in [-0.15, -0.1) is 5.10 Å². The molecule has 0 radical (unpaired) electrons. The van der Waals surface area contributed by atoms with Gasteiger partial charge in [-0.3, -0.25) is 5.10 Å². The topological polar surface area (TPSA) is 41.6 Å². The monoisotopic (exact) mass is 331 g/mol. The Hall–Kier alpha value is -2.21. The molecule has 118 valence electrons. The van der Waals surface area contributed by atoms with E-state index in [0.717, 1.165) is 23.4 Å². The molecule has 1 N–H and O–H groups in total. The summed E-state index contributed by atoms with van der Waals surface area (Å²) in [5.74, 6) is 0.231. The van der Waals surface area contributed by atoms with Crippen molar-refractivity contribution in [3.8, 4) is 0 Å². The molecule has 0 spiro atoms. The van der Waals surface area contributed by atoms with Gasteiger partial charge in [0.25, 0.3) is 0 Å². The molecule has 0 aliphatic carbocycles. The van der Waals surface area contributed by atoms with E-state index < -0.39 is 0 Å². The van der Waals surface area contributed by atoms with Crippen LogP contribution in [-0.4, -0.2) is 15.2 Å². The van der Waals surface area contributed by atoms with Crippen molar-refractivity contribution in [1.29, 1.82) is 0 Å². The average molecular weight is 331 g/mol. The van der Waals surface area contributed by atoms with Gasteiger partial charge in [-0.2, -0.15) is 0 Å². The molecule has 0 amide bonds. The summed E-state index contributed by atoms with van der Waals surface area (Å²) in [7, 11) is 0. The summed E-state index contributed by atoms with van der Waals surface area (Å²) < 4.78 is 26.4. The molecule has 3 nitrogen and oxygen atoms in total. The third-order valence-corrected chi connectivity index (χ3v) is 4.59. The van der Waals surface area contributed by atoms with Gasteiger partial charge < -0.3 is 0 Å². The highest BCUT2D eigenvalue weighted by molar-refractivity contribution is 7.99. The summed E-state index contributed by atoms with van der Waals surface area (Å²) in [4.78, 5) is 4.40. The highest BCUT2D eigenvalue weighted by atomic mass is 32.2. The Morgan fingerprint density at radius 3 is 1.91 bits per heavy atom. The first kappa shape index (κ1) is 15.7. The Morgan fingerprint density at radius 1 is 0.957 bits per heavy atom. The molecule has 2 aromatic carbocycles. The van der Waals surface area contributed by atoms with E-state index in [1.54, 1.807) is 24.3 Å². The number of nitrogens with zero attached hydrogens (tertiary/aromatic N) is 2. The molecular weight excluding hydrogens is 316 g/mol. The summed E-state index contributed by atoms with van der Waals surface area (Å²) in [6, 6.07) is 12.6. The number of aryl methyl sites for hydroxylation is 1. The molecule has 0 fully saturated rings. The van der Waals surface area contributed by atoms with E-state index in [1.807, 2.05) is 6.92 Å². The quantitative estimate of drug-likeness (QED) is 0.699. The van der Waals surface area contributed by atoms with Crippen LogP contribution in [0.15, 0.2) is 53.7 Å². The number of hydrogen-bond acceptors (Lipinski definition) is 3. The summed E-state index contributed by atoms with van der Waals surface area (Å²) in [5.41, 5.74) is 1.82. The minimum atomic E-state index is -0.289. The third-order valence-electron chi connectivity index (χ3n) is 3.41. The van der Waals surface area contributed by atoms with Crippen molar-refractivity contribution in [2.24, 2.45) is 0 Å². The van der Waals surface area contributed by atoms with Crippen molar-refractivity contribution in [1.82, 2.24) is 15.2 Å². The Bertz CT molecular complexity index is 724. The number of thioether (sulfide) groups is 1. The van der Waals surface area contributed by atoms with Crippen LogP contribution in [-0.2, 0) is 6.42 Å². The molecule has 0 bridgehead atoms. The fraction of sp³-hybridized carbons (Fsp3) is 0.176. The molecule has 3 rings (SSSR count). The average Bonchev–Trinajstić information content (AvgIpc) is 3.02. The minimum absolute atomic E-state index is 0.142. The molecule has 0 aliphatic rings. The van der Waals surface area contributed by atoms with Gasteiger partial charge in [0.15, 0.2) is 0 Å². The fourth-order valence-electron chi connectivity index (χ4n) is 2.20. The van der Waals surface area contributed by atoms with Crippen molar-refractivity contribution >= 4 is 11.8 Å². The maximum atomic E-state index is 13.2. The normalized spacial score (nSPS) is 11.1. The lowest BCUT2D eigenvalue weighted by Crippen LogP contribution is -1.98. The molecule has 6 heteroatoms. The second-order valence-electron chi connectivity index (χ2n) is 5.02. The van der Waals surface area contributed by atoms with Crippen LogP contribution in [0.3, 0.4) is 0 Å². The van der Waals surface area contributed by atoms with E-state index in [4.69, 9.17) is 0 Å². The van der Waals surface area contributed by atoms with Crippen molar-refractivity contribution in [2.45, 2.75) is 23.8 Å². The molecule has 1 heterocycles. The maximum absolute atomic E-state index is 13.2. The van der Waals surface area contributed by atoms with E-state index in [9.17, 15) is 8.78 Å². The predicted molar refractivity (Wildman–Crippen MR) is 86.3 cm³/mol. The number of benzene rings is 2. The standard InChI is InChI=1S/C17H15F2N3S/c1-2-15-20-17(22-21-15)23-16(11-3-7-13(18)8-4-11)12-5-9-14(19)10-6-12/h3-10,16H,2H2,1H3,(H,20,21,22). The SMILES string of the molecule is CCc1nc(SC(c2ccc(F)cc2)c2ccc(F)cc2)n[nH]1. The van der Waals surface area contributed by atoms with E-state index in [2.05, 4.69) is 15.2 Å². The Kier molecular flexibility index (Phi) is 4.71. The molecule has 0 saturated carbocycles. The lowest BCUT2D eigenvalue weighted by atomic mass is 10.0. The van der Waals surface area contributed by atoms with Crippen molar-refractivity contribution in [3.63, 3.8) is 0 Å². The van der Waals surface area contributed by atoms with Gasteiger partial charge in [0.05, 0.1) is 5.25 Å². The number of hydrogen-bond donors (Lipinski definition) is 1. The largest absolute Gasteiger partial charge is 0.262 e. The first-order chi connectivity index (χ1) is 11.2. The summed E-state index contributed by atoms with van der Waals surface area (Å²) >= 11 is 1.44. The summed E-state index contributed by atoms with van der Waals surface area (Å²) in [6.45, 7) is 1.99. The van der Waals surface area contributed by atoms with Crippen molar-refractivity contribution in [3.05, 3.63) is 77.1 Å². The molecule has 23 heavy (non-hydrogen) atoms. The number of rotatable bonds is 5. The van der Waals surface area contributed by atoms with Crippen LogP contribution in [0.4, 0.5) is 8.78 Å². The zero-order valence-electron chi connectivity index (χ0n) is 12.5. The van der Waals surface area contributed by atoms with E-state index in [-0.39, 0.29) is 16.9 Å². The fourth-order valence-corrected chi connectivity index (χ4v) is 3.26.